The Morgan fingerprint density at radius 1 is 1.33 bits per heavy atom. The molecule has 1 atom stereocenters. The van der Waals surface area contributed by atoms with Crippen LogP contribution in [0.3, 0.4) is 0 Å². The number of anilines is 1. The number of methoxy groups -OCH3 is 1. The maximum Gasteiger partial charge on any atom is 0.186 e. The summed E-state index contributed by atoms with van der Waals surface area (Å²) in [6.07, 6.45) is 0. The third-order valence-electron chi connectivity index (χ3n) is 3.12. The summed E-state index contributed by atoms with van der Waals surface area (Å²) in [5, 5.41) is 12.3. The van der Waals surface area contributed by atoms with Crippen LogP contribution >= 0.6 is 11.8 Å². The van der Waals surface area contributed by atoms with E-state index < -0.39 is 0 Å². The molecule has 0 fully saturated rings. The Hall–Kier alpha value is -2.32. The van der Waals surface area contributed by atoms with Gasteiger partial charge in [-0.1, -0.05) is 30.0 Å². The Morgan fingerprint density at radius 3 is 2.86 bits per heavy atom. The minimum absolute atomic E-state index is 0.0401. The Kier molecular flexibility index (Phi) is 3.89. The molecule has 4 nitrogen and oxygen atoms in total. The molecule has 3 rings (SSSR count). The van der Waals surface area contributed by atoms with Crippen molar-refractivity contribution < 1.29 is 9.47 Å². The van der Waals surface area contributed by atoms with Gasteiger partial charge >= 0.3 is 0 Å². The zero-order valence-electron chi connectivity index (χ0n) is 11.5. The molecule has 0 aliphatic carbocycles. The van der Waals surface area contributed by atoms with E-state index in [2.05, 4.69) is 23.5 Å². The Labute approximate surface area is 127 Å². The average Bonchev–Trinajstić information content (AvgIpc) is 2.54. The van der Waals surface area contributed by atoms with Gasteiger partial charge in [-0.2, -0.15) is 5.26 Å². The lowest BCUT2D eigenvalue weighted by atomic mass is 10.1. The fourth-order valence-electron chi connectivity index (χ4n) is 2.15. The topological polar surface area (TPSA) is 54.3 Å². The summed E-state index contributed by atoms with van der Waals surface area (Å²) in [7, 11) is 1.58. The number of nitrogens with one attached hydrogen (secondary N) is 1. The Morgan fingerprint density at radius 2 is 2.14 bits per heavy atom. The molecule has 1 heterocycles. The highest BCUT2D eigenvalue weighted by atomic mass is 32.2. The van der Waals surface area contributed by atoms with Crippen LogP contribution < -0.4 is 14.8 Å². The predicted octanol–water partition coefficient (Wildman–Crippen LogP) is 3.49. The molecule has 2 aromatic carbocycles. The van der Waals surface area contributed by atoms with Crippen LogP contribution in [0.25, 0.3) is 0 Å². The van der Waals surface area contributed by atoms with Crippen molar-refractivity contribution in [3.05, 3.63) is 48.0 Å². The van der Waals surface area contributed by atoms with Crippen LogP contribution in [0.2, 0.25) is 0 Å². The normalized spacial score (nSPS) is 16.1. The molecule has 2 aromatic rings. The van der Waals surface area contributed by atoms with Crippen LogP contribution in [-0.2, 0) is 0 Å². The second-order valence-electron chi connectivity index (χ2n) is 4.53. The first-order chi connectivity index (χ1) is 10.3. The molecule has 1 aliphatic rings. The van der Waals surface area contributed by atoms with Crippen molar-refractivity contribution in [3.63, 3.8) is 0 Å². The quantitative estimate of drug-likeness (QED) is 0.940. The second kappa shape index (κ2) is 5.98. The van der Waals surface area contributed by atoms with Gasteiger partial charge in [0.05, 0.1) is 31.0 Å². The van der Waals surface area contributed by atoms with Crippen molar-refractivity contribution in [1.29, 1.82) is 5.26 Å². The number of benzene rings is 2. The molecule has 0 aromatic heterocycles. The van der Waals surface area contributed by atoms with Crippen molar-refractivity contribution in [1.82, 2.24) is 0 Å². The highest BCUT2D eigenvalue weighted by molar-refractivity contribution is 7.99. The van der Waals surface area contributed by atoms with Crippen LogP contribution in [0.1, 0.15) is 5.56 Å². The van der Waals surface area contributed by atoms with E-state index in [0.717, 1.165) is 10.6 Å². The molecule has 0 bridgehead atoms. The number of nitrogens with zero attached hydrogens (tertiary/aromatic N) is 1. The van der Waals surface area contributed by atoms with E-state index in [9.17, 15) is 0 Å². The highest BCUT2D eigenvalue weighted by Gasteiger charge is 2.24. The maximum absolute atomic E-state index is 9.03. The van der Waals surface area contributed by atoms with Gasteiger partial charge in [0.1, 0.15) is 0 Å². The zero-order valence-corrected chi connectivity index (χ0v) is 12.3. The van der Waals surface area contributed by atoms with E-state index in [0.29, 0.717) is 23.6 Å². The van der Waals surface area contributed by atoms with Gasteiger partial charge in [-0.25, -0.2) is 0 Å². The van der Waals surface area contributed by atoms with Crippen molar-refractivity contribution in [2.24, 2.45) is 0 Å². The number of rotatable bonds is 3. The predicted molar refractivity (Wildman–Crippen MR) is 82.9 cm³/mol. The van der Waals surface area contributed by atoms with E-state index in [1.807, 2.05) is 18.2 Å². The van der Waals surface area contributed by atoms with Gasteiger partial charge in [0.15, 0.2) is 16.9 Å². The SMILES string of the molecule is COc1cc(C#N)cc2c1OC(Sc1ccccc1)CN2. The van der Waals surface area contributed by atoms with Gasteiger partial charge in [-0.3, -0.25) is 0 Å². The highest BCUT2D eigenvalue weighted by Crippen LogP contribution is 2.42. The third kappa shape index (κ3) is 2.91. The van der Waals surface area contributed by atoms with E-state index in [1.54, 1.807) is 31.0 Å². The third-order valence-corrected chi connectivity index (χ3v) is 4.19. The van der Waals surface area contributed by atoms with Crippen molar-refractivity contribution >= 4 is 17.4 Å². The van der Waals surface area contributed by atoms with Crippen molar-refractivity contribution in [2.45, 2.75) is 10.3 Å². The van der Waals surface area contributed by atoms with E-state index in [4.69, 9.17) is 14.7 Å². The van der Waals surface area contributed by atoms with E-state index in [-0.39, 0.29) is 5.44 Å². The lowest BCUT2D eigenvalue weighted by Crippen LogP contribution is -2.28. The van der Waals surface area contributed by atoms with Gasteiger partial charge in [-0.05, 0) is 18.2 Å². The molecule has 1 N–H and O–H groups in total. The molecular formula is C16H14N2O2S. The first kappa shape index (κ1) is 13.7. The first-order valence-electron chi connectivity index (χ1n) is 6.54. The summed E-state index contributed by atoms with van der Waals surface area (Å²) < 4.78 is 11.4. The molecule has 1 unspecified atom stereocenters. The molecule has 1 aliphatic heterocycles. The van der Waals surface area contributed by atoms with Crippen LogP contribution in [-0.4, -0.2) is 19.1 Å². The summed E-state index contributed by atoms with van der Waals surface area (Å²) >= 11 is 1.65. The number of ether oxygens (including phenoxy) is 2. The zero-order chi connectivity index (χ0) is 14.7. The standard InChI is InChI=1S/C16H14N2O2S/c1-19-14-8-11(9-17)7-13-16(14)20-15(10-18-13)21-12-5-3-2-4-6-12/h2-8,15,18H,10H2,1H3. The molecule has 0 amide bonds. The smallest absolute Gasteiger partial charge is 0.186 e. The molecular weight excluding hydrogens is 284 g/mol. The molecule has 21 heavy (non-hydrogen) atoms. The van der Waals surface area contributed by atoms with E-state index in [1.165, 1.54) is 0 Å². The number of hydrogen-bond acceptors (Lipinski definition) is 5. The molecule has 5 heteroatoms. The Balaban J connectivity index is 1.83. The summed E-state index contributed by atoms with van der Waals surface area (Å²) in [6, 6.07) is 15.7. The summed E-state index contributed by atoms with van der Waals surface area (Å²) in [5.41, 5.74) is 1.31. The van der Waals surface area contributed by atoms with Crippen LogP contribution in [0, 0.1) is 11.3 Å². The van der Waals surface area contributed by atoms with Crippen molar-refractivity contribution in [3.8, 4) is 17.6 Å². The summed E-state index contributed by atoms with van der Waals surface area (Å²) in [5.74, 6) is 1.24. The monoisotopic (exact) mass is 298 g/mol. The number of thioether (sulfide) groups is 1. The molecule has 106 valence electrons. The Bertz CT molecular complexity index is 665. The van der Waals surface area contributed by atoms with Gasteiger partial charge in [0.2, 0.25) is 0 Å². The molecule has 0 spiro atoms. The lowest BCUT2D eigenvalue weighted by molar-refractivity contribution is 0.272. The fourth-order valence-corrected chi connectivity index (χ4v) is 3.08. The van der Waals surface area contributed by atoms with Crippen LogP contribution in [0.5, 0.6) is 11.5 Å². The molecule has 0 radical (unpaired) electrons. The number of nitriles is 1. The van der Waals surface area contributed by atoms with Gasteiger partial charge < -0.3 is 14.8 Å². The average molecular weight is 298 g/mol. The fraction of sp³-hybridized carbons (Fsp3) is 0.188. The van der Waals surface area contributed by atoms with E-state index >= 15 is 0 Å². The van der Waals surface area contributed by atoms with Gasteiger partial charge in [0.25, 0.3) is 0 Å². The summed E-state index contributed by atoms with van der Waals surface area (Å²) in [4.78, 5) is 1.15. The minimum Gasteiger partial charge on any atom is -0.493 e. The number of fused-ring (bicyclic) bond motifs is 1. The van der Waals surface area contributed by atoms with Crippen molar-refractivity contribution in [2.75, 3.05) is 19.0 Å². The van der Waals surface area contributed by atoms with Crippen LogP contribution in [0.15, 0.2) is 47.4 Å². The lowest BCUT2D eigenvalue weighted by Gasteiger charge is -2.28. The number of hydrogen-bond donors (Lipinski definition) is 1. The second-order valence-corrected chi connectivity index (χ2v) is 5.76. The van der Waals surface area contributed by atoms with Gasteiger partial charge in [0, 0.05) is 11.0 Å². The molecule has 0 saturated heterocycles. The maximum atomic E-state index is 9.03. The minimum atomic E-state index is -0.0401. The largest absolute Gasteiger partial charge is 0.493 e. The van der Waals surface area contributed by atoms with Gasteiger partial charge in [-0.15, -0.1) is 0 Å². The first-order valence-corrected chi connectivity index (χ1v) is 7.42. The summed E-state index contributed by atoms with van der Waals surface area (Å²) in [6.45, 7) is 0.671. The molecule has 0 saturated carbocycles. The van der Waals surface area contributed by atoms with Crippen LogP contribution in [0.4, 0.5) is 5.69 Å².